The van der Waals surface area contributed by atoms with Gasteiger partial charge in [0.15, 0.2) is 0 Å². The predicted octanol–water partition coefficient (Wildman–Crippen LogP) is 4.03. The molecule has 2 aromatic rings. The van der Waals surface area contributed by atoms with E-state index in [9.17, 15) is 4.39 Å². The summed E-state index contributed by atoms with van der Waals surface area (Å²) >= 11 is 0. The zero-order valence-corrected chi connectivity index (χ0v) is 9.91. The van der Waals surface area contributed by atoms with E-state index < -0.39 is 0 Å². The molecule has 0 saturated heterocycles. The van der Waals surface area contributed by atoms with E-state index in [2.05, 4.69) is 6.92 Å². The summed E-state index contributed by atoms with van der Waals surface area (Å²) in [6, 6.07) is 12.6. The van der Waals surface area contributed by atoms with Crippen LogP contribution in [0.1, 0.15) is 18.9 Å². The number of hydrogen-bond donors (Lipinski definition) is 1. The van der Waals surface area contributed by atoms with E-state index >= 15 is 0 Å². The molecule has 1 nitrogen and oxygen atoms in total. The zero-order valence-electron chi connectivity index (χ0n) is 9.91. The van der Waals surface area contributed by atoms with Crippen molar-refractivity contribution >= 4 is 5.69 Å². The van der Waals surface area contributed by atoms with Gasteiger partial charge in [0.25, 0.3) is 0 Å². The minimum Gasteiger partial charge on any atom is -0.399 e. The average molecular weight is 229 g/mol. The minimum absolute atomic E-state index is 0.234. The van der Waals surface area contributed by atoms with Gasteiger partial charge in [-0.15, -0.1) is 0 Å². The molecule has 0 amide bonds. The lowest BCUT2D eigenvalue weighted by molar-refractivity contribution is 0.631. The van der Waals surface area contributed by atoms with Crippen molar-refractivity contribution in [3.05, 3.63) is 53.8 Å². The summed E-state index contributed by atoms with van der Waals surface area (Å²) in [6.07, 6.45) is 2.17. The van der Waals surface area contributed by atoms with Gasteiger partial charge in [-0.05, 0) is 35.7 Å². The molecular weight excluding hydrogens is 213 g/mol. The van der Waals surface area contributed by atoms with Gasteiger partial charge in [0.2, 0.25) is 0 Å². The lowest BCUT2D eigenvalue weighted by atomic mass is 10.0. The van der Waals surface area contributed by atoms with Gasteiger partial charge in [0.05, 0.1) is 0 Å². The lowest BCUT2D eigenvalue weighted by Gasteiger charge is -2.06. The number of hydrogen-bond acceptors (Lipinski definition) is 1. The van der Waals surface area contributed by atoms with Crippen molar-refractivity contribution in [3.8, 4) is 11.1 Å². The van der Waals surface area contributed by atoms with Crippen LogP contribution in [0.25, 0.3) is 11.1 Å². The Balaban J connectivity index is 2.36. The molecule has 0 aliphatic carbocycles. The van der Waals surface area contributed by atoms with Crippen LogP contribution in [0.15, 0.2) is 42.5 Å². The molecule has 0 aliphatic heterocycles. The molecule has 17 heavy (non-hydrogen) atoms. The van der Waals surface area contributed by atoms with Crippen molar-refractivity contribution in [2.24, 2.45) is 0 Å². The van der Waals surface area contributed by atoms with Crippen LogP contribution < -0.4 is 5.73 Å². The fraction of sp³-hybridized carbons (Fsp3) is 0.200. The highest BCUT2D eigenvalue weighted by molar-refractivity contribution is 5.68. The molecule has 2 rings (SSSR count). The number of nitrogen functional groups attached to an aromatic ring is 1. The third-order valence-electron chi connectivity index (χ3n) is 2.79. The first kappa shape index (κ1) is 11.6. The molecule has 0 spiro atoms. The Morgan fingerprint density at radius 1 is 1.06 bits per heavy atom. The molecule has 88 valence electrons. The van der Waals surface area contributed by atoms with Crippen LogP contribution in [0.2, 0.25) is 0 Å². The fourth-order valence-corrected chi connectivity index (χ4v) is 1.90. The first-order chi connectivity index (χ1) is 8.20. The molecule has 0 bridgehead atoms. The quantitative estimate of drug-likeness (QED) is 0.790. The average Bonchev–Trinajstić information content (AvgIpc) is 2.34. The number of nitrogens with two attached hydrogens (primary N) is 1. The summed E-state index contributed by atoms with van der Waals surface area (Å²) < 4.78 is 13.6. The second-order valence-corrected chi connectivity index (χ2v) is 4.19. The SMILES string of the molecule is CCCc1ccc(-c2cc(N)ccc2F)cc1. The van der Waals surface area contributed by atoms with Crippen LogP contribution >= 0.6 is 0 Å². The summed E-state index contributed by atoms with van der Waals surface area (Å²) in [5.74, 6) is -0.234. The second kappa shape index (κ2) is 5.00. The summed E-state index contributed by atoms with van der Waals surface area (Å²) in [6.45, 7) is 2.14. The molecule has 0 aromatic heterocycles. The molecule has 0 saturated carbocycles. The van der Waals surface area contributed by atoms with Crippen molar-refractivity contribution in [3.63, 3.8) is 0 Å². The lowest BCUT2D eigenvalue weighted by Crippen LogP contribution is -1.90. The molecule has 0 unspecified atom stereocenters. The van der Waals surface area contributed by atoms with Crippen LogP contribution in [0.3, 0.4) is 0 Å². The van der Waals surface area contributed by atoms with Gasteiger partial charge < -0.3 is 5.73 Å². The van der Waals surface area contributed by atoms with Crippen LogP contribution in [0.5, 0.6) is 0 Å². The number of aryl methyl sites for hydroxylation is 1. The maximum absolute atomic E-state index is 13.6. The molecule has 0 heterocycles. The highest BCUT2D eigenvalue weighted by Gasteiger charge is 2.05. The summed E-state index contributed by atoms with van der Waals surface area (Å²) in [5.41, 5.74) is 8.97. The van der Waals surface area contributed by atoms with Crippen molar-refractivity contribution in [1.82, 2.24) is 0 Å². The standard InChI is InChI=1S/C15H16FN/c1-2-3-11-4-6-12(7-5-11)14-10-13(17)8-9-15(14)16/h4-10H,2-3,17H2,1H3. The van der Waals surface area contributed by atoms with Gasteiger partial charge >= 0.3 is 0 Å². The molecule has 0 radical (unpaired) electrons. The van der Waals surface area contributed by atoms with Crippen molar-refractivity contribution in [1.29, 1.82) is 0 Å². The second-order valence-electron chi connectivity index (χ2n) is 4.19. The summed E-state index contributed by atoms with van der Waals surface area (Å²) in [5, 5.41) is 0. The summed E-state index contributed by atoms with van der Waals surface area (Å²) in [4.78, 5) is 0. The predicted molar refractivity (Wildman–Crippen MR) is 70.2 cm³/mol. The van der Waals surface area contributed by atoms with E-state index in [1.807, 2.05) is 24.3 Å². The Bertz CT molecular complexity index is 503. The molecule has 0 fully saturated rings. The molecule has 2 N–H and O–H groups in total. The van der Waals surface area contributed by atoms with E-state index in [-0.39, 0.29) is 5.82 Å². The normalized spacial score (nSPS) is 10.5. The number of anilines is 1. The Morgan fingerprint density at radius 2 is 1.76 bits per heavy atom. The van der Waals surface area contributed by atoms with E-state index in [0.717, 1.165) is 18.4 Å². The third-order valence-corrected chi connectivity index (χ3v) is 2.79. The summed E-state index contributed by atoms with van der Waals surface area (Å²) in [7, 11) is 0. The van der Waals surface area contributed by atoms with Crippen LogP contribution in [0, 0.1) is 5.82 Å². The smallest absolute Gasteiger partial charge is 0.131 e. The molecule has 2 heteroatoms. The Hall–Kier alpha value is -1.83. The Labute approximate surface area is 101 Å². The number of rotatable bonds is 3. The van der Waals surface area contributed by atoms with Crippen molar-refractivity contribution in [2.75, 3.05) is 5.73 Å². The maximum atomic E-state index is 13.6. The van der Waals surface area contributed by atoms with Crippen LogP contribution in [-0.4, -0.2) is 0 Å². The third kappa shape index (κ3) is 2.64. The van der Waals surface area contributed by atoms with E-state index in [1.165, 1.54) is 11.6 Å². The van der Waals surface area contributed by atoms with Gasteiger partial charge in [0.1, 0.15) is 5.82 Å². The first-order valence-corrected chi connectivity index (χ1v) is 5.85. The largest absolute Gasteiger partial charge is 0.399 e. The molecule has 0 aliphatic rings. The topological polar surface area (TPSA) is 26.0 Å². The van der Waals surface area contributed by atoms with E-state index in [4.69, 9.17) is 5.73 Å². The first-order valence-electron chi connectivity index (χ1n) is 5.85. The van der Waals surface area contributed by atoms with Gasteiger partial charge in [-0.3, -0.25) is 0 Å². The monoisotopic (exact) mass is 229 g/mol. The number of benzene rings is 2. The molecule has 2 aromatic carbocycles. The maximum Gasteiger partial charge on any atom is 0.131 e. The highest BCUT2D eigenvalue weighted by Crippen LogP contribution is 2.25. The van der Waals surface area contributed by atoms with Gasteiger partial charge in [-0.1, -0.05) is 37.6 Å². The van der Waals surface area contributed by atoms with E-state index in [0.29, 0.717) is 11.3 Å². The molecule has 0 atom stereocenters. The highest BCUT2D eigenvalue weighted by atomic mass is 19.1. The molecular formula is C15H16FN. The van der Waals surface area contributed by atoms with Gasteiger partial charge in [-0.2, -0.15) is 0 Å². The van der Waals surface area contributed by atoms with Crippen molar-refractivity contribution in [2.45, 2.75) is 19.8 Å². The Kier molecular flexibility index (Phi) is 3.43. The minimum atomic E-state index is -0.234. The van der Waals surface area contributed by atoms with E-state index in [1.54, 1.807) is 12.1 Å². The van der Waals surface area contributed by atoms with Crippen LogP contribution in [-0.2, 0) is 6.42 Å². The van der Waals surface area contributed by atoms with Gasteiger partial charge in [-0.25, -0.2) is 4.39 Å². The zero-order chi connectivity index (χ0) is 12.3. The van der Waals surface area contributed by atoms with Crippen molar-refractivity contribution < 1.29 is 4.39 Å². The Morgan fingerprint density at radius 3 is 2.41 bits per heavy atom. The fourth-order valence-electron chi connectivity index (χ4n) is 1.90. The van der Waals surface area contributed by atoms with Crippen LogP contribution in [0.4, 0.5) is 10.1 Å². The number of halogens is 1. The van der Waals surface area contributed by atoms with Gasteiger partial charge in [0, 0.05) is 11.3 Å².